The molecule has 0 saturated carbocycles. The maximum absolute atomic E-state index is 14.1. The van der Waals surface area contributed by atoms with Gasteiger partial charge in [0.25, 0.3) is 8.32 Å². The molecule has 0 aliphatic carbocycles. The van der Waals surface area contributed by atoms with Gasteiger partial charge in [-0.2, -0.15) is 0 Å². The Labute approximate surface area is 270 Å². The number of imidazole rings is 1. The minimum Gasteiger partial charge on any atom is -0.405 e. The van der Waals surface area contributed by atoms with Crippen LogP contribution in [0.1, 0.15) is 32.5 Å². The molecule has 0 fully saturated rings. The average molecular weight is 652 g/mol. The second-order valence-corrected chi connectivity index (χ2v) is 16.3. The Bertz CT molecular complexity index is 1980. The minimum atomic E-state index is -3.05. The van der Waals surface area contributed by atoms with Crippen molar-refractivity contribution < 1.29 is 18.1 Å². The molecule has 0 amide bonds. The van der Waals surface area contributed by atoms with Crippen LogP contribution in [0.3, 0.4) is 0 Å². The highest BCUT2D eigenvalue weighted by molar-refractivity contribution is 6.99. The summed E-state index contributed by atoms with van der Waals surface area (Å²) in [5, 5.41) is 17.1. The second kappa shape index (κ2) is 12.8. The van der Waals surface area contributed by atoms with Crippen molar-refractivity contribution in [1.82, 2.24) is 24.3 Å². The highest BCUT2D eigenvalue weighted by Crippen LogP contribution is 2.38. The van der Waals surface area contributed by atoms with E-state index in [-0.39, 0.29) is 23.3 Å². The van der Waals surface area contributed by atoms with Crippen molar-refractivity contribution in [2.24, 2.45) is 0 Å². The number of halogens is 2. The van der Waals surface area contributed by atoms with Gasteiger partial charge in [-0.25, -0.2) is 23.7 Å². The summed E-state index contributed by atoms with van der Waals surface area (Å²) in [5.41, 5.74) is 0.768. The maximum Gasteiger partial charge on any atom is 0.329 e. The number of anilines is 1. The van der Waals surface area contributed by atoms with Gasteiger partial charge in [0.1, 0.15) is 29.2 Å². The van der Waals surface area contributed by atoms with Gasteiger partial charge in [0.05, 0.1) is 35.7 Å². The molecule has 0 aliphatic rings. The largest absolute Gasteiger partial charge is 0.405 e. The first-order valence-corrected chi connectivity index (χ1v) is 16.7. The number of pyridine rings is 2. The molecule has 13 heteroatoms. The highest BCUT2D eigenvalue weighted by atomic mass is 28.4. The molecule has 2 aromatic carbocycles. The lowest BCUT2D eigenvalue weighted by molar-refractivity contribution is -0.384. The summed E-state index contributed by atoms with van der Waals surface area (Å²) >= 11 is 0. The first-order chi connectivity index (χ1) is 22.6. The van der Waals surface area contributed by atoms with Crippen molar-refractivity contribution in [2.75, 3.05) is 11.9 Å². The lowest BCUT2D eigenvalue weighted by Crippen LogP contribution is -2.67. The predicted octanol–water partition coefficient (Wildman–Crippen LogP) is 6.10. The standard InChI is InChI=1S/C34H31F2N7O3Si/c1-34(2,3)47(25-10-6-4-7-11-25,26-12-8-5-9-13-26)46-22-28(27-16-14-23(35)18-37-27)40-33-30(43(44)45)20-39-32(41-33)29-19-38-31-17-15-24(36)21-42(29)31/h4-21,28H,22H2,1-3H3,(H,39,40,41)/t28-/m1/s1. The van der Waals surface area contributed by atoms with Crippen LogP contribution < -0.4 is 15.7 Å². The van der Waals surface area contributed by atoms with E-state index < -0.39 is 36.6 Å². The zero-order valence-corrected chi connectivity index (χ0v) is 26.8. The van der Waals surface area contributed by atoms with E-state index in [4.69, 9.17) is 4.43 Å². The fourth-order valence-electron chi connectivity index (χ4n) is 5.79. The number of nitro groups is 1. The molecule has 6 aromatic rings. The molecule has 0 saturated heterocycles. The van der Waals surface area contributed by atoms with E-state index in [1.807, 2.05) is 36.4 Å². The molecule has 4 aromatic heterocycles. The number of fused-ring (bicyclic) bond motifs is 1. The van der Waals surface area contributed by atoms with E-state index in [1.165, 1.54) is 41.1 Å². The van der Waals surface area contributed by atoms with Crippen molar-refractivity contribution in [3.05, 3.63) is 137 Å². The Morgan fingerprint density at radius 2 is 1.53 bits per heavy atom. The number of rotatable bonds is 10. The van der Waals surface area contributed by atoms with E-state index in [0.717, 1.165) is 22.8 Å². The van der Waals surface area contributed by atoms with E-state index in [9.17, 15) is 18.9 Å². The van der Waals surface area contributed by atoms with Crippen LogP contribution in [0.15, 0.2) is 110 Å². The van der Waals surface area contributed by atoms with Crippen molar-refractivity contribution in [3.8, 4) is 11.5 Å². The van der Waals surface area contributed by atoms with Gasteiger partial charge >= 0.3 is 5.69 Å². The van der Waals surface area contributed by atoms with Gasteiger partial charge in [0.15, 0.2) is 5.82 Å². The number of nitrogens with one attached hydrogen (secondary N) is 1. The van der Waals surface area contributed by atoms with Crippen LogP contribution in [0.2, 0.25) is 5.04 Å². The molecule has 10 nitrogen and oxygen atoms in total. The topological polar surface area (TPSA) is 120 Å². The molecule has 238 valence electrons. The van der Waals surface area contributed by atoms with Gasteiger partial charge in [0.2, 0.25) is 5.82 Å². The predicted molar refractivity (Wildman–Crippen MR) is 177 cm³/mol. The van der Waals surface area contributed by atoms with Crippen molar-refractivity contribution >= 4 is 35.8 Å². The normalized spacial score (nSPS) is 12.6. The maximum atomic E-state index is 14.1. The molecule has 1 N–H and O–H groups in total. The molecule has 6 rings (SSSR count). The molecule has 0 spiro atoms. The first-order valence-electron chi connectivity index (χ1n) is 14.8. The molecular weight excluding hydrogens is 621 g/mol. The van der Waals surface area contributed by atoms with Gasteiger partial charge in [-0.1, -0.05) is 81.4 Å². The van der Waals surface area contributed by atoms with Crippen LogP contribution in [0.4, 0.5) is 20.3 Å². The lowest BCUT2D eigenvalue weighted by Gasteiger charge is -2.43. The van der Waals surface area contributed by atoms with Crippen molar-refractivity contribution in [2.45, 2.75) is 31.9 Å². The summed E-state index contributed by atoms with van der Waals surface area (Å²) in [5.74, 6) is -1.07. The first kappa shape index (κ1) is 31.6. The van der Waals surface area contributed by atoms with Gasteiger partial charge in [0, 0.05) is 6.20 Å². The smallest absolute Gasteiger partial charge is 0.329 e. The van der Waals surface area contributed by atoms with Crippen LogP contribution in [0.5, 0.6) is 0 Å². The average Bonchev–Trinajstić information content (AvgIpc) is 3.48. The summed E-state index contributed by atoms with van der Waals surface area (Å²) in [7, 11) is -3.05. The number of nitrogens with zero attached hydrogens (tertiary/aromatic N) is 6. The Balaban J connectivity index is 1.45. The van der Waals surface area contributed by atoms with Gasteiger partial charge < -0.3 is 9.74 Å². The summed E-state index contributed by atoms with van der Waals surface area (Å²) in [6.45, 7) is 6.41. The second-order valence-electron chi connectivity index (χ2n) is 12.0. The Kier molecular flexibility index (Phi) is 8.58. The SMILES string of the molecule is CC(C)(C)[Si](OC[C@@H](Nc1nc(-c2cnc3ccc(F)cn23)ncc1[N+](=O)[O-])c1ccc(F)cn1)(c1ccccc1)c1ccccc1. The van der Waals surface area contributed by atoms with Crippen molar-refractivity contribution in [1.29, 1.82) is 0 Å². The molecule has 0 aliphatic heterocycles. The van der Waals surface area contributed by atoms with E-state index in [2.05, 4.69) is 70.3 Å². The van der Waals surface area contributed by atoms with Crippen LogP contribution in [0, 0.1) is 21.7 Å². The highest BCUT2D eigenvalue weighted by Gasteiger charge is 2.50. The van der Waals surface area contributed by atoms with Gasteiger partial charge in [-0.05, 0) is 39.7 Å². The Morgan fingerprint density at radius 1 is 0.872 bits per heavy atom. The summed E-state index contributed by atoms with van der Waals surface area (Å²) in [6.07, 6.45) is 4.87. The third kappa shape index (κ3) is 6.22. The molecular formula is C34H31F2N7O3Si. The molecule has 4 heterocycles. The lowest BCUT2D eigenvalue weighted by atomic mass is 10.2. The van der Waals surface area contributed by atoms with Crippen LogP contribution in [-0.2, 0) is 4.43 Å². The molecule has 1 atom stereocenters. The fraction of sp³-hybridized carbons (Fsp3) is 0.176. The molecule has 47 heavy (non-hydrogen) atoms. The van der Waals surface area contributed by atoms with E-state index in [0.29, 0.717) is 17.0 Å². The third-order valence-corrected chi connectivity index (χ3v) is 13.0. The fourth-order valence-corrected chi connectivity index (χ4v) is 10.4. The van der Waals surface area contributed by atoms with Crippen LogP contribution in [-0.4, -0.2) is 44.2 Å². The number of hydrogen-bond acceptors (Lipinski definition) is 8. The summed E-state index contributed by atoms with van der Waals surface area (Å²) < 4.78 is 36.8. The zero-order chi connectivity index (χ0) is 33.2. The Hall–Kier alpha value is -5.40. The molecule has 0 unspecified atom stereocenters. The minimum absolute atomic E-state index is 0.00320. The van der Waals surface area contributed by atoms with Crippen LogP contribution in [0.25, 0.3) is 17.2 Å². The molecule has 0 bridgehead atoms. The van der Waals surface area contributed by atoms with Crippen molar-refractivity contribution in [3.63, 3.8) is 0 Å². The zero-order valence-electron chi connectivity index (χ0n) is 25.8. The summed E-state index contributed by atoms with van der Waals surface area (Å²) in [6, 6.07) is 24.8. The van der Waals surface area contributed by atoms with Gasteiger partial charge in [-0.15, -0.1) is 0 Å². The Morgan fingerprint density at radius 3 is 2.13 bits per heavy atom. The van der Waals surface area contributed by atoms with E-state index >= 15 is 0 Å². The monoisotopic (exact) mass is 651 g/mol. The third-order valence-electron chi connectivity index (χ3n) is 7.97. The number of aromatic nitrogens is 5. The number of hydrogen-bond donors (Lipinski definition) is 1. The molecule has 0 radical (unpaired) electrons. The quantitative estimate of drug-likeness (QED) is 0.107. The number of benzene rings is 2. The summed E-state index contributed by atoms with van der Waals surface area (Å²) in [4.78, 5) is 28.9. The van der Waals surface area contributed by atoms with Crippen LogP contribution >= 0.6 is 0 Å². The van der Waals surface area contributed by atoms with E-state index in [1.54, 1.807) is 0 Å². The van der Waals surface area contributed by atoms with Gasteiger partial charge in [-0.3, -0.25) is 19.5 Å².